The van der Waals surface area contributed by atoms with Crippen LogP contribution in [0.25, 0.3) is 0 Å². The molecule has 2 unspecified atom stereocenters. The Morgan fingerprint density at radius 2 is 1.75 bits per heavy atom. The number of benzene rings is 1. The summed E-state index contributed by atoms with van der Waals surface area (Å²) in [7, 11) is 3.31. The van der Waals surface area contributed by atoms with E-state index in [4.69, 9.17) is 25.7 Å². The smallest absolute Gasteiger partial charge is 0.217 e. The number of amides is 1. The normalized spacial score (nSPS) is 13.9. The Hall–Kier alpha value is -1.83. The molecule has 0 saturated heterocycles. The molecule has 0 spiro atoms. The quantitative estimate of drug-likeness (QED) is 0.331. The summed E-state index contributed by atoms with van der Waals surface area (Å²) < 4.78 is 16.5. The number of rotatable bonds is 16. The summed E-state index contributed by atoms with van der Waals surface area (Å²) in [4.78, 5) is 11.1. The summed E-state index contributed by atoms with van der Waals surface area (Å²) in [6.45, 7) is 10.00. The fourth-order valence-electron chi connectivity index (χ4n) is 4.41. The largest absolute Gasteiger partial charge is 0.493 e. The second kappa shape index (κ2) is 13.7. The molecule has 2 atom stereocenters. The average Bonchev–Trinajstić information content (AvgIpc) is 2.74. The van der Waals surface area contributed by atoms with Crippen LogP contribution in [0.4, 0.5) is 0 Å². The van der Waals surface area contributed by atoms with Gasteiger partial charge in [0.1, 0.15) is 0 Å². The first kappa shape index (κ1) is 28.2. The molecule has 0 aromatic heterocycles. The molecule has 0 bridgehead atoms. The van der Waals surface area contributed by atoms with Gasteiger partial charge < -0.3 is 30.8 Å². The van der Waals surface area contributed by atoms with Crippen LogP contribution in [0.2, 0.25) is 0 Å². The van der Waals surface area contributed by atoms with Gasteiger partial charge in [-0.25, -0.2) is 0 Å². The van der Waals surface area contributed by atoms with Gasteiger partial charge in [-0.05, 0) is 54.2 Å². The van der Waals surface area contributed by atoms with Crippen LogP contribution in [0.15, 0.2) is 18.2 Å². The number of primary amides is 1. The minimum Gasteiger partial charge on any atom is -0.493 e. The van der Waals surface area contributed by atoms with Crippen LogP contribution >= 0.6 is 0 Å². The van der Waals surface area contributed by atoms with Gasteiger partial charge in [-0.2, -0.15) is 0 Å². The van der Waals surface area contributed by atoms with Crippen LogP contribution in [0.5, 0.6) is 11.5 Å². The standard InChI is InChI=1S/C25H44N2O5/c1-17(2)25(18(3)4,16-20(26)21(28)9-11-24(27)29)15-19-8-10-22(31-6)23(14-19)32-13-7-12-30-5/h8,10,14,17-18,20-21,28H,7,9,11-13,15-16,26H2,1-6H3,(H2,27,29). The molecule has 1 amide bonds. The number of ether oxygens (including phenoxy) is 3. The molecule has 0 fully saturated rings. The van der Waals surface area contributed by atoms with Gasteiger partial charge in [0.05, 0.1) is 19.8 Å². The minimum atomic E-state index is -0.769. The zero-order valence-electron chi connectivity index (χ0n) is 20.7. The first-order valence-corrected chi connectivity index (χ1v) is 11.6. The van der Waals surface area contributed by atoms with Crippen molar-refractivity contribution < 1.29 is 24.1 Å². The van der Waals surface area contributed by atoms with Crippen LogP contribution < -0.4 is 20.9 Å². The molecule has 0 aliphatic rings. The highest BCUT2D eigenvalue weighted by Crippen LogP contribution is 2.44. The van der Waals surface area contributed by atoms with Gasteiger partial charge in [0, 0.05) is 32.6 Å². The van der Waals surface area contributed by atoms with E-state index < -0.39 is 18.1 Å². The van der Waals surface area contributed by atoms with Gasteiger partial charge in [0.2, 0.25) is 5.91 Å². The van der Waals surface area contributed by atoms with E-state index in [-0.39, 0.29) is 18.3 Å². The van der Waals surface area contributed by atoms with Crippen LogP contribution in [-0.4, -0.2) is 50.6 Å². The van der Waals surface area contributed by atoms with Crippen LogP contribution in [0.3, 0.4) is 0 Å². The molecule has 7 heteroatoms. The van der Waals surface area contributed by atoms with Crippen molar-refractivity contribution in [2.75, 3.05) is 27.4 Å². The maximum Gasteiger partial charge on any atom is 0.217 e. The molecular weight excluding hydrogens is 408 g/mol. The Kier molecular flexibility index (Phi) is 12.0. The molecule has 1 aromatic carbocycles. The Bertz CT molecular complexity index is 685. The summed E-state index contributed by atoms with van der Waals surface area (Å²) in [5.41, 5.74) is 12.7. The molecule has 1 aromatic rings. The van der Waals surface area contributed by atoms with E-state index in [2.05, 4.69) is 33.8 Å². The average molecular weight is 453 g/mol. The van der Waals surface area contributed by atoms with Gasteiger partial charge >= 0.3 is 0 Å². The van der Waals surface area contributed by atoms with E-state index in [1.54, 1.807) is 14.2 Å². The fraction of sp³-hybridized carbons (Fsp3) is 0.720. The van der Waals surface area contributed by atoms with Crippen LogP contribution in [0, 0.1) is 17.3 Å². The fourth-order valence-corrected chi connectivity index (χ4v) is 4.41. The third-order valence-electron chi connectivity index (χ3n) is 6.61. The van der Waals surface area contributed by atoms with Gasteiger partial charge in [-0.1, -0.05) is 33.8 Å². The van der Waals surface area contributed by atoms with Crippen molar-refractivity contribution in [2.24, 2.45) is 28.7 Å². The predicted molar refractivity (Wildman–Crippen MR) is 128 cm³/mol. The number of carbonyl (C=O) groups is 1. The summed E-state index contributed by atoms with van der Waals surface area (Å²) >= 11 is 0. The van der Waals surface area contributed by atoms with Crippen molar-refractivity contribution in [3.05, 3.63) is 23.8 Å². The zero-order chi connectivity index (χ0) is 24.3. The number of hydrogen-bond acceptors (Lipinski definition) is 6. The van der Waals surface area contributed by atoms with Gasteiger partial charge in [0.25, 0.3) is 0 Å². The molecule has 0 heterocycles. The lowest BCUT2D eigenvalue weighted by Gasteiger charge is -2.44. The molecule has 1 rings (SSSR count). The molecule has 184 valence electrons. The Morgan fingerprint density at radius 1 is 1.09 bits per heavy atom. The van der Waals surface area contributed by atoms with E-state index in [9.17, 15) is 9.90 Å². The predicted octanol–water partition coefficient (Wildman–Crippen LogP) is 3.30. The Morgan fingerprint density at radius 3 is 2.28 bits per heavy atom. The number of carbonyl (C=O) groups excluding carboxylic acids is 1. The number of hydrogen-bond donors (Lipinski definition) is 3. The van der Waals surface area contributed by atoms with E-state index in [0.717, 1.165) is 18.4 Å². The summed E-state index contributed by atoms with van der Waals surface area (Å²) in [5.74, 6) is 1.64. The van der Waals surface area contributed by atoms with Crippen LogP contribution in [0.1, 0.15) is 58.9 Å². The molecular formula is C25H44N2O5. The maximum absolute atomic E-state index is 11.1. The van der Waals surface area contributed by atoms with Crippen molar-refractivity contribution >= 4 is 5.91 Å². The van der Waals surface area contributed by atoms with E-state index in [0.29, 0.717) is 43.0 Å². The van der Waals surface area contributed by atoms with Gasteiger partial charge in [-0.15, -0.1) is 0 Å². The maximum atomic E-state index is 11.1. The highest BCUT2D eigenvalue weighted by Gasteiger charge is 2.40. The lowest BCUT2D eigenvalue weighted by molar-refractivity contribution is -0.118. The topological polar surface area (TPSA) is 117 Å². The minimum absolute atomic E-state index is 0.132. The molecule has 32 heavy (non-hydrogen) atoms. The summed E-state index contributed by atoms with van der Waals surface area (Å²) in [6, 6.07) is 5.60. The van der Waals surface area contributed by atoms with E-state index in [1.807, 2.05) is 12.1 Å². The van der Waals surface area contributed by atoms with Crippen molar-refractivity contribution in [3.8, 4) is 11.5 Å². The van der Waals surface area contributed by atoms with Crippen molar-refractivity contribution in [2.45, 2.75) is 71.9 Å². The lowest BCUT2D eigenvalue weighted by atomic mass is 9.62. The highest BCUT2D eigenvalue weighted by atomic mass is 16.5. The molecule has 0 aliphatic heterocycles. The van der Waals surface area contributed by atoms with Crippen LogP contribution in [-0.2, 0) is 16.0 Å². The number of nitrogens with two attached hydrogens (primary N) is 2. The van der Waals surface area contributed by atoms with Crippen molar-refractivity contribution in [1.82, 2.24) is 0 Å². The second-order valence-corrected chi connectivity index (χ2v) is 9.34. The number of methoxy groups -OCH3 is 2. The third-order valence-corrected chi connectivity index (χ3v) is 6.61. The van der Waals surface area contributed by atoms with Crippen molar-refractivity contribution in [3.63, 3.8) is 0 Å². The molecule has 0 saturated carbocycles. The second-order valence-electron chi connectivity index (χ2n) is 9.34. The van der Waals surface area contributed by atoms with E-state index >= 15 is 0 Å². The third kappa shape index (κ3) is 8.26. The molecule has 7 nitrogen and oxygen atoms in total. The van der Waals surface area contributed by atoms with Gasteiger partial charge in [-0.3, -0.25) is 4.79 Å². The van der Waals surface area contributed by atoms with E-state index in [1.165, 1.54) is 0 Å². The van der Waals surface area contributed by atoms with Crippen molar-refractivity contribution in [1.29, 1.82) is 0 Å². The lowest BCUT2D eigenvalue weighted by Crippen LogP contribution is -2.46. The number of aliphatic hydroxyl groups excluding tert-OH is 1. The SMILES string of the molecule is COCCCOc1cc(CC(CC(N)C(O)CCC(N)=O)(C(C)C)C(C)C)ccc1OC. The molecule has 0 aliphatic carbocycles. The Balaban J connectivity index is 3.11. The Labute approximate surface area is 193 Å². The summed E-state index contributed by atoms with van der Waals surface area (Å²) in [6.07, 6.45) is 1.87. The first-order chi connectivity index (χ1) is 15.1. The monoisotopic (exact) mass is 452 g/mol. The first-order valence-electron chi connectivity index (χ1n) is 11.6. The highest BCUT2D eigenvalue weighted by molar-refractivity contribution is 5.73. The molecule has 0 radical (unpaired) electrons. The molecule has 5 N–H and O–H groups in total. The number of aliphatic hydroxyl groups is 1. The zero-order valence-corrected chi connectivity index (χ0v) is 20.7. The van der Waals surface area contributed by atoms with Gasteiger partial charge in [0.15, 0.2) is 11.5 Å². The summed E-state index contributed by atoms with van der Waals surface area (Å²) in [5, 5.41) is 10.5.